The van der Waals surface area contributed by atoms with Crippen LogP contribution in [0.25, 0.3) is 61.3 Å². The fraction of sp³-hybridized carbons (Fsp3) is 0.189. The van der Waals surface area contributed by atoms with E-state index in [0.717, 1.165) is 50.1 Å². The van der Waals surface area contributed by atoms with E-state index in [-0.39, 0.29) is 0 Å². The molecule has 0 saturated heterocycles. The Labute approximate surface area is 240 Å². The van der Waals surface area contributed by atoms with Crippen LogP contribution in [0.4, 0.5) is 0 Å². The predicted octanol–water partition coefficient (Wildman–Crippen LogP) is 10.2. The molecule has 4 heteroatoms. The predicted molar refractivity (Wildman–Crippen MR) is 170 cm³/mol. The second kappa shape index (κ2) is 9.74. The van der Waals surface area contributed by atoms with Crippen LogP contribution >= 0.6 is 0 Å². The molecule has 0 amide bonds. The van der Waals surface area contributed by atoms with Crippen molar-refractivity contribution in [3.63, 3.8) is 0 Å². The summed E-state index contributed by atoms with van der Waals surface area (Å²) in [6.07, 6.45) is 1.85. The smallest absolute Gasteiger partial charge is 0.164 e. The van der Waals surface area contributed by atoms with Gasteiger partial charge in [-0.1, -0.05) is 93.9 Å². The summed E-state index contributed by atoms with van der Waals surface area (Å²) in [7, 11) is 0. The van der Waals surface area contributed by atoms with Gasteiger partial charge < -0.3 is 4.42 Å². The van der Waals surface area contributed by atoms with Crippen LogP contribution in [0.2, 0.25) is 0 Å². The SMILES string of the molecule is Cc1ccc(-c2ccc3c(c2)oc2c(-c4nc5cccnc5n4-c4c(C(C)C)cccc4C(C)C)cccc23)cc1. The molecule has 4 aromatic carbocycles. The number of aromatic nitrogens is 3. The first-order chi connectivity index (χ1) is 19.9. The Hall–Kier alpha value is -4.70. The van der Waals surface area contributed by atoms with Gasteiger partial charge in [0.05, 0.1) is 11.3 Å². The van der Waals surface area contributed by atoms with Crippen molar-refractivity contribution in [3.05, 3.63) is 114 Å². The van der Waals surface area contributed by atoms with Gasteiger partial charge in [-0.05, 0) is 71.3 Å². The van der Waals surface area contributed by atoms with Gasteiger partial charge in [-0.15, -0.1) is 0 Å². The summed E-state index contributed by atoms with van der Waals surface area (Å²) in [6, 6.07) is 32.1. The number of hydrogen-bond donors (Lipinski definition) is 0. The van der Waals surface area contributed by atoms with E-state index < -0.39 is 0 Å². The number of imidazole rings is 1. The number of aryl methyl sites for hydroxylation is 1. The lowest BCUT2D eigenvalue weighted by Gasteiger charge is -2.22. The number of pyridine rings is 1. The minimum Gasteiger partial charge on any atom is -0.455 e. The van der Waals surface area contributed by atoms with Crippen molar-refractivity contribution in [2.75, 3.05) is 0 Å². The monoisotopic (exact) mass is 535 g/mol. The van der Waals surface area contributed by atoms with Crippen LogP contribution in [-0.2, 0) is 0 Å². The largest absolute Gasteiger partial charge is 0.455 e. The number of nitrogens with zero attached hydrogens (tertiary/aromatic N) is 3. The molecule has 0 atom stereocenters. The highest BCUT2D eigenvalue weighted by Gasteiger charge is 2.24. The van der Waals surface area contributed by atoms with Crippen LogP contribution in [0.15, 0.2) is 102 Å². The molecule has 3 heterocycles. The van der Waals surface area contributed by atoms with Gasteiger partial charge in [-0.3, -0.25) is 4.57 Å². The van der Waals surface area contributed by atoms with Gasteiger partial charge in [-0.2, -0.15) is 0 Å². The highest BCUT2D eigenvalue weighted by Crippen LogP contribution is 2.41. The number of hydrogen-bond acceptors (Lipinski definition) is 3. The van der Waals surface area contributed by atoms with Crippen LogP contribution in [0.3, 0.4) is 0 Å². The van der Waals surface area contributed by atoms with Crippen LogP contribution in [0.5, 0.6) is 0 Å². The normalized spacial score (nSPS) is 12.0. The number of benzene rings is 4. The molecule has 202 valence electrons. The molecule has 0 aliphatic carbocycles. The van der Waals surface area contributed by atoms with E-state index in [1.807, 2.05) is 18.3 Å². The third-order valence-corrected chi connectivity index (χ3v) is 8.11. The number of rotatable bonds is 5. The van der Waals surface area contributed by atoms with Gasteiger partial charge in [-0.25, -0.2) is 9.97 Å². The van der Waals surface area contributed by atoms with Gasteiger partial charge in [0.25, 0.3) is 0 Å². The van der Waals surface area contributed by atoms with Gasteiger partial charge in [0.15, 0.2) is 11.5 Å². The molecule has 0 aliphatic heterocycles. The Bertz CT molecular complexity index is 2030. The topological polar surface area (TPSA) is 43.9 Å². The lowest BCUT2D eigenvalue weighted by Crippen LogP contribution is -2.09. The van der Waals surface area contributed by atoms with Crippen molar-refractivity contribution >= 4 is 33.1 Å². The summed E-state index contributed by atoms with van der Waals surface area (Å²) in [5, 5.41) is 2.18. The summed E-state index contributed by atoms with van der Waals surface area (Å²) >= 11 is 0. The van der Waals surface area contributed by atoms with E-state index >= 15 is 0 Å². The van der Waals surface area contributed by atoms with Crippen molar-refractivity contribution in [2.24, 2.45) is 0 Å². The quantitative estimate of drug-likeness (QED) is 0.220. The Morgan fingerprint density at radius 3 is 2.15 bits per heavy atom. The van der Waals surface area contributed by atoms with Gasteiger partial charge >= 0.3 is 0 Å². The average Bonchev–Trinajstić information content (AvgIpc) is 3.55. The highest BCUT2D eigenvalue weighted by atomic mass is 16.3. The Morgan fingerprint density at radius 2 is 1.41 bits per heavy atom. The molecule has 0 radical (unpaired) electrons. The second-order valence-electron chi connectivity index (χ2n) is 11.6. The van der Waals surface area contributed by atoms with E-state index in [2.05, 4.69) is 118 Å². The molecule has 0 aliphatic rings. The number of para-hydroxylation sites is 2. The lowest BCUT2D eigenvalue weighted by molar-refractivity contribution is 0.669. The van der Waals surface area contributed by atoms with Crippen LogP contribution in [0, 0.1) is 6.92 Å². The summed E-state index contributed by atoms with van der Waals surface area (Å²) in [5.41, 5.74) is 11.7. The average molecular weight is 536 g/mol. The summed E-state index contributed by atoms with van der Waals surface area (Å²) in [6.45, 7) is 11.1. The molecule has 7 aromatic rings. The number of fused-ring (bicyclic) bond motifs is 4. The van der Waals surface area contributed by atoms with Gasteiger partial charge in [0.1, 0.15) is 16.7 Å². The summed E-state index contributed by atoms with van der Waals surface area (Å²) in [5.74, 6) is 1.51. The van der Waals surface area contributed by atoms with E-state index in [1.54, 1.807) is 0 Å². The summed E-state index contributed by atoms with van der Waals surface area (Å²) < 4.78 is 8.96. The minimum absolute atomic E-state index is 0.333. The molecule has 0 saturated carbocycles. The zero-order chi connectivity index (χ0) is 28.2. The standard InChI is InChI=1S/C37H33N3O/c1-22(2)27-9-6-10-28(23(3)4)34(27)40-36(39-32-13-8-20-38-37(32)40)31-12-7-11-30-29-19-18-26(21-33(29)41-35(30)31)25-16-14-24(5)15-17-25/h6-23H,1-5H3. The number of furan rings is 1. The van der Waals surface area contributed by atoms with Crippen LogP contribution in [0.1, 0.15) is 56.2 Å². The van der Waals surface area contributed by atoms with E-state index in [9.17, 15) is 0 Å². The van der Waals surface area contributed by atoms with Gasteiger partial charge in [0, 0.05) is 17.0 Å². The molecular weight excluding hydrogens is 502 g/mol. The fourth-order valence-corrected chi connectivity index (χ4v) is 5.97. The van der Waals surface area contributed by atoms with Crippen molar-refractivity contribution in [1.82, 2.24) is 14.5 Å². The third kappa shape index (κ3) is 4.13. The van der Waals surface area contributed by atoms with Crippen molar-refractivity contribution in [2.45, 2.75) is 46.5 Å². The Balaban J connectivity index is 1.52. The second-order valence-corrected chi connectivity index (χ2v) is 11.6. The molecule has 4 nitrogen and oxygen atoms in total. The molecule has 0 bridgehead atoms. The maximum absolute atomic E-state index is 6.69. The maximum atomic E-state index is 6.69. The van der Waals surface area contributed by atoms with Crippen molar-refractivity contribution in [3.8, 4) is 28.2 Å². The fourth-order valence-electron chi connectivity index (χ4n) is 5.97. The van der Waals surface area contributed by atoms with E-state index in [4.69, 9.17) is 14.4 Å². The molecule has 41 heavy (non-hydrogen) atoms. The van der Waals surface area contributed by atoms with E-state index in [1.165, 1.54) is 27.9 Å². The lowest BCUT2D eigenvalue weighted by atomic mass is 9.92. The Morgan fingerprint density at radius 1 is 0.707 bits per heavy atom. The molecule has 0 unspecified atom stereocenters. The first kappa shape index (κ1) is 25.3. The van der Waals surface area contributed by atoms with Crippen LogP contribution < -0.4 is 0 Å². The minimum atomic E-state index is 0.333. The van der Waals surface area contributed by atoms with Crippen LogP contribution in [-0.4, -0.2) is 14.5 Å². The third-order valence-electron chi connectivity index (χ3n) is 8.11. The Kier molecular flexibility index (Phi) is 6.01. The molecular formula is C37H33N3O. The van der Waals surface area contributed by atoms with Crippen molar-refractivity contribution < 1.29 is 4.42 Å². The first-order valence-electron chi connectivity index (χ1n) is 14.4. The molecule has 0 fully saturated rings. The van der Waals surface area contributed by atoms with Crippen molar-refractivity contribution in [1.29, 1.82) is 0 Å². The molecule has 7 rings (SSSR count). The zero-order valence-electron chi connectivity index (χ0n) is 24.1. The maximum Gasteiger partial charge on any atom is 0.164 e. The zero-order valence-corrected chi connectivity index (χ0v) is 24.1. The van der Waals surface area contributed by atoms with Gasteiger partial charge in [0.2, 0.25) is 0 Å². The highest BCUT2D eigenvalue weighted by molar-refractivity contribution is 6.10. The van der Waals surface area contributed by atoms with E-state index in [0.29, 0.717) is 11.8 Å². The molecule has 3 aromatic heterocycles. The molecule has 0 N–H and O–H groups in total. The first-order valence-corrected chi connectivity index (χ1v) is 14.4. The molecule has 0 spiro atoms. The summed E-state index contributed by atoms with van der Waals surface area (Å²) in [4.78, 5) is 10.0.